The summed E-state index contributed by atoms with van der Waals surface area (Å²) in [6.45, 7) is 5.95. The van der Waals surface area contributed by atoms with Gasteiger partial charge in [0.15, 0.2) is 0 Å². The van der Waals surface area contributed by atoms with Crippen LogP contribution in [0.5, 0.6) is 0 Å². The quantitative estimate of drug-likeness (QED) is 0.597. The van der Waals surface area contributed by atoms with Crippen LogP contribution in [0.4, 0.5) is 0 Å². The highest BCUT2D eigenvalue weighted by atomic mass is 16.5. The van der Waals surface area contributed by atoms with Gasteiger partial charge in [-0.2, -0.15) is 0 Å². The van der Waals surface area contributed by atoms with Crippen molar-refractivity contribution < 1.29 is 14.6 Å². The van der Waals surface area contributed by atoms with Gasteiger partial charge in [-0.05, 0) is 18.9 Å². The summed E-state index contributed by atoms with van der Waals surface area (Å²) in [7, 11) is 0. The van der Waals surface area contributed by atoms with Crippen molar-refractivity contribution in [2.45, 2.75) is 19.4 Å². The number of hydrogen-bond acceptors (Lipinski definition) is 4. The van der Waals surface area contributed by atoms with Gasteiger partial charge >= 0.3 is 0 Å². The Morgan fingerprint density at radius 1 is 1.36 bits per heavy atom. The number of rotatable bonds is 6. The van der Waals surface area contributed by atoms with Crippen molar-refractivity contribution in [3.8, 4) is 0 Å². The first-order valence-electron chi connectivity index (χ1n) is 5.35. The lowest BCUT2D eigenvalue weighted by Crippen LogP contribution is -2.41. The van der Waals surface area contributed by atoms with Gasteiger partial charge < -0.3 is 19.9 Å². The van der Waals surface area contributed by atoms with Gasteiger partial charge in [0.05, 0.1) is 32.5 Å². The number of ether oxygens (including phenoxy) is 2. The van der Waals surface area contributed by atoms with Gasteiger partial charge in [-0.1, -0.05) is 6.92 Å². The third-order valence-electron chi connectivity index (χ3n) is 2.55. The van der Waals surface area contributed by atoms with Crippen LogP contribution in [0.1, 0.15) is 13.3 Å². The van der Waals surface area contributed by atoms with Crippen LogP contribution in [-0.4, -0.2) is 50.7 Å². The monoisotopic (exact) mass is 203 g/mol. The van der Waals surface area contributed by atoms with Crippen LogP contribution in [0.15, 0.2) is 0 Å². The predicted octanol–water partition coefficient (Wildman–Crippen LogP) is 0.00990. The van der Waals surface area contributed by atoms with Crippen molar-refractivity contribution in [1.29, 1.82) is 0 Å². The molecule has 0 aliphatic carbocycles. The van der Waals surface area contributed by atoms with Gasteiger partial charge in [0.1, 0.15) is 0 Å². The Morgan fingerprint density at radius 3 is 2.93 bits per heavy atom. The topological polar surface area (TPSA) is 50.7 Å². The number of aliphatic hydroxyl groups is 1. The fraction of sp³-hybridized carbons (Fsp3) is 1.00. The zero-order valence-electron chi connectivity index (χ0n) is 8.87. The second-order valence-corrected chi connectivity index (χ2v) is 3.72. The second-order valence-electron chi connectivity index (χ2n) is 3.72. The van der Waals surface area contributed by atoms with Crippen molar-refractivity contribution in [3.63, 3.8) is 0 Å². The summed E-state index contributed by atoms with van der Waals surface area (Å²) in [4.78, 5) is 0. The third kappa shape index (κ3) is 4.37. The lowest BCUT2D eigenvalue weighted by Gasteiger charge is -2.29. The van der Waals surface area contributed by atoms with E-state index in [9.17, 15) is 0 Å². The molecule has 1 heterocycles. The van der Waals surface area contributed by atoms with E-state index in [4.69, 9.17) is 14.6 Å². The molecule has 1 saturated heterocycles. The van der Waals surface area contributed by atoms with Crippen molar-refractivity contribution in [2.24, 2.45) is 5.92 Å². The number of hydrogen-bond donors (Lipinski definition) is 2. The molecule has 2 unspecified atom stereocenters. The molecule has 0 aromatic carbocycles. The van der Waals surface area contributed by atoms with Gasteiger partial charge in [-0.25, -0.2) is 0 Å². The Labute approximate surface area is 85.6 Å². The average molecular weight is 203 g/mol. The molecule has 1 fully saturated rings. The largest absolute Gasteiger partial charge is 0.394 e. The van der Waals surface area contributed by atoms with Crippen LogP contribution >= 0.6 is 0 Å². The Kier molecular flexibility index (Phi) is 6.10. The predicted molar refractivity (Wildman–Crippen MR) is 54.3 cm³/mol. The minimum absolute atomic E-state index is 0.0847. The van der Waals surface area contributed by atoms with Gasteiger partial charge in [0, 0.05) is 6.54 Å². The van der Waals surface area contributed by atoms with Crippen LogP contribution in [-0.2, 0) is 9.47 Å². The van der Waals surface area contributed by atoms with E-state index in [1.165, 1.54) is 6.42 Å². The molecule has 84 valence electrons. The summed E-state index contributed by atoms with van der Waals surface area (Å²) in [5, 5.41) is 11.8. The van der Waals surface area contributed by atoms with Gasteiger partial charge in [0.2, 0.25) is 0 Å². The summed E-state index contributed by atoms with van der Waals surface area (Å²) in [5.74, 6) is 0.633. The Morgan fingerprint density at radius 2 is 2.21 bits per heavy atom. The van der Waals surface area contributed by atoms with E-state index in [1.54, 1.807) is 0 Å². The van der Waals surface area contributed by atoms with Crippen molar-refractivity contribution in [3.05, 3.63) is 0 Å². The van der Waals surface area contributed by atoms with Gasteiger partial charge in [-0.15, -0.1) is 0 Å². The Hall–Kier alpha value is -0.160. The minimum Gasteiger partial charge on any atom is -0.394 e. The number of aliphatic hydroxyl groups excluding tert-OH is 1. The molecule has 2 N–H and O–H groups in total. The first kappa shape index (κ1) is 11.9. The highest BCUT2D eigenvalue weighted by Crippen LogP contribution is 2.14. The normalized spacial score (nSPS) is 27.9. The maximum absolute atomic E-state index is 8.48. The van der Waals surface area contributed by atoms with Crippen LogP contribution in [0.25, 0.3) is 0 Å². The number of nitrogens with one attached hydrogen (secondary N) is 1. The molecule has 0 saturated carbocycles. The molecular formula is C10H21NO3. The Balaban J connectivity index is 1.99. The molecule has 4 heteroatoms. The fourth-order valence-electron chi connectivity index (χ4n) is 1.61. The van der Waals surface area contributed by atoms with E-state index in [0.29, 0.717) is 31.8 Å². The van der Waals surface area contributed by atoms with Crippen LogP contribution < -0.4 is 5.32 Å². The average Bonchev–Trinajstić information content (AvgIpc) is 2.20. The number of piperidine rings is 1. The maximum atomic E-state index is 8.48. The second kappa shape index (κ2) is 7.17. The molecule has 1 rings (SSSR count). The highest BCUT2D eigenvalue weighted by molar-refractivity contribution is 4.75. The summed E-state index contributed by atoms with van der Waals surface area (Å²) < 4.78 is 10.8. The molecule has 1 aliphatic rings. The maximum Gasteiger partial charge on any atom is 0.0726 e. The molecule has 0 aromatic rings. The van der Waals surface area contributed by atoms with E-state index in [1.807, 2.05) is 0 Å². The van der Waals surface area contributed by atoms with Crippen LogP contribution in [0.3, 0.4) is 0 Å². The first-order chi connectivity index (χ1) is 6.84. The van der Waals surface area contributed by atoms with E-state index in [-0.39, 0.29) is 6.61 Å². The summed E-state index contributed by atoms with van der Waals surface area (Å²) in [6, 6.07) is 0. The van der Waals surface area contributed by atoms with Gasteiger partial charge in [0.25, 0.3) is 0 Å². The molecule has 2 atom stereocenters. The lowest BCUT2D eigenvalue weighted by molar-refractivity contribution is -0.0304. The lowest BCUT2D eigenvalue weighted by atomic mass is 9.97. The zero-order valence-corrected chi connectivity index (χ0v) is 8.87. The van der Waals surface area contributed by atoms with E-state index in [0.717, 1.165) is 13.1 Å². The van der Waals surface area contributed by atoms with E-state index >= 15 is 0 Å². The first-order valence-corrected chi connectivity index (χ1v) is 5.35. The van der Waals surface area contributed by atoms with Crippen molar-refractivity contribution in [2.75, 3.05) is 39.5 Å². The molecule has 1 aliphatic heterocycles. The highest BCUT2D eigenvalue weighted by Gasteiger charge is 2.20. The summed E-state index contributed by atoms with van der Waals surface area (Å²) in [5.41, 5.74) is 0. The zero-order chi connectivity index (χ0) is 10.2. The third-order valence-corrected chi connectivity index (χ3v) is 2.55. The standard InChI is InChI=1S/C10H21NO3/c1-9-2-3-11-8-10(9)14-7-6-13-5-4-12/h9-12H,2-8H2,1H3. The van der Waals surface area contributed by atoms with Crippen molar-refractivity contribution >= 4 is 0 Å². The van der Waals surface area contributed by atoms with Crippen LogP contribution in [0, 0.1) is 5.92 Å². The van der Waals surface area contributed by atoms with E-state index in [2.05, 4.69) is 12.2 Å². The molecule has 0 radical (unpaired) electrons. The summed E-state index contributed by atoms with van der Waals surface area (Å²) in [6.07, 6.45) is 1.50. The molecule has 0 spiro atoms. The SMILES string of the molecule is CC1CCNCC1OCCOCCO. The summed E-state index contributed by atoms with van der Waals surface area (Å²) >= 11 is 0. The molecule has 4 nitrogen and oxygen atoms in total. The van der Waals surface area contributed by atoms with E-state index < -0.39 is 0 Å². The molecule has 0 bridgehead atoms. The molecular weight excluding hydrogens is 182 g/mol. The van der Waals surface area contributed by atoms with Crippen LogP contribution in [0.2, 0.25) is 0 Å². The minimum atomic E-state index is 0.0847. The fourth-order valence-corrected chi connectivity index (χ4v) is 1.61. The molecule has 0 amide bonds. The smallest absolute Gasteiger partial charge is 0.0726 e. The van der Waals surface area contributed by atoms with Gasteiger partial charge in [-0.3, -0.25) is 0 Å². The molecule has 14 heavy (non-hydrogen) atoms. The Bertz CT molecular complexity index is 143. The molecule has 0 aromatic heterocycles. The van der Waals surface area contributed by atoms with Crippen molar-refractivity contribution in [1.82, 2.24) is 5.32 Å².